The van der Waals surface area contributed by atoms with E-state index in [9.17, 15) is 4.79 Å². The van der Waals surface area contributed by atoms with Gasteiger partial charge in [0.15, 0.2) is 4.96 Å². The molecule has 0 saturated carbocycles. The van der Waals surface area contributed by atoms with Crippen molar-refractivity contribution in [2.24, 2.45) is 0 Å². The highest BCUT2D eigenvalue weighted by atomic mass is 32.1. The number of aryl methyl sites for hydroxylation is 1. The highest BCUT2D eigenvalue weighted by Crippen LogP contribution is 2.25. The Morgan fingerprint density at radius 1 is 1.03 bits per heavy atom. The van der Waals surface area contributed by atoms with Crippen LogP contribution < -0.4 is 5.63 Å². The number of aromatic nitrogens is 2. The predicted molar refractivity (Wildman–Crippen MR) is 120 cm³/mol. The largest absolute Gasteiger partial charge is 0.422 e. The van der Waals surface area contributed by atoms with Gasteiger partial charge in [0.1, 0.15) is 5.58 Å². The van der Waals surface area contributed by atoms with Crippen molar-refractivity contribution in [1.29, 1.82) is 0 Å². The number of thiazole rings is 1. The summed E-state index contributed by atoms with van der Waals surface area (Å²) in [6, 6.07) is 17.9. The lowest BCUT2D eigenvalue weighted by Crippen LogP contribution is -2.02. The van der Waals surface area contributed by atoms with E-state index in [1.54, 1.807) is 17.4 Å². The molecular weight excluding hydrogens is 380 g/mol. The summed E-state index contributed by atoms with van der Waals surface area (Å²) in [5, 5.41) is 0.892. The molecule has 3 heterocycles. The molecule has 0 atom stereocenters. The van der Waals surface area contributed by atoms with Crippen LogP contribution in [0.15, 0.2) is 76.2 Å². The lowest BCUT2D eigenvalue weighted by atomic mass is 10.1. The number of rotatable bonds is 3. The molecule has 29 heavy (non-hydrogen) atoms. The van der Waals surface area contributed by atoms with Crippen LogP contribution in [0.4, 0.5) is 0 Å². The third-order valence-electron chi connectivity index (χ3n) is 4.62. The van der Waals surface area contributed by atoms with Crippen LogP contribution in [-0.2, 0) is 6.42 Å². The molecule has 0 saturated heterocycles. The summed E-state index contributed by atoms with van der Waals surface area (Å²) in [6.07, 6.45) is 4.85. The van der Waals surface area contributed by atoms with Crippen molar-refractivity contribution in [2.75, 3.05) is 0 Å². The minimum absolute atomic E-state index is 0.362. The second-order valence-electron chi connectivity index (χ2n) is 6.66. The zero-order chi connectivity index (χ0) is 20.4. The quantitative estimate of drug-likeness (QED) is 0.343. The molecule has 0 N–H and O–H groups in total. The standard InChI is InChI=1S/C22H16N2O2S.C2H6/c1-14-6-8-15(9-7-14)10-17-12-24-13-19(23-22(24)27-17)18-11-16-4-2-3-5-20(16)26-21(18)25;1-2/h2-9,11-13H,10H2,1H3;1-2H3. The first-order valence-electron chi connectivity index (χ1n) is 9.72. The van der Waals surface area contributed by atoms with Crippen LogP contribution in [0.3, 0.4) is 0 Å². The van der Waals surface area contributed by atoms with Crippen molar-refractivity contribution in [1.82, 2.24) is 9.38 Å². The van der Waals surface area contributed by atoms with Crippen molar-refractivity contribution in [3.05, 3.63) is 93.4 Å². The van der Waals surface area contributed by atoms with Crippen LogP contribution in [0, 0.1) is 6.92 Å². The fraction of sp³-hybridized carbons (Fsp3) is 0.167. The molecule has 2 aromatic carbocycles. The number of fused-ring (bicyclic) bond motifs is 2. The summed E-state index contributed by atoms with van der Waals surface area (Å²) in [7, 11) is 0. The molecule has 5 aromatic rings. The van der Waals surface area contributed by atoms with E-state index in [-0.39, 0.29) is 5.63 Å². The molecule has 0 fully saturated rings. The number of hydrogen-bond donors (Lipinski definition) is 0. The highest BCUT2D eigenvalue weighted by Gasteiger charge is 2.13. The van der Waals surface area contributed by atoms with E-state index in [0.717, 1.165) is 16.8 Å². The fourth-order valence-electron chi connectivity index (χ4n) is 3.20. The zero-order valence-corrected chi connectivity index (χ0v) is 17.5. The number of para-hydroxylation sites is 1. The van der Waals surface area contributed by atoms with Gasteiger partial charge in [-0.3, -0.25) is 4.40 Å². The number of benzene rings is 2. The SMILES string of the molecule is CC.Cc1ccc(Cc2cn3cc(-c4cc5ccccc5oc4=O)nc3s2)cc1. The molecule has 0 aliphatic heterocycles. The molecule has 0 spiro atoms. The van der Waals surface area contributed by atoms with Gasteiger partial charge in [0.05, 0.1) is 11.3 Å². The maximum Gasteiger partial charge on any atom is 0.345 e. The zero-order valence-electron chi connectivity index (χ0n) is 16.7. The van der Waals surface area contributed by atoms with E-state index in [4.69, 9.17) is 4.42 Å². The van der Waals surface area contributed by atoms with Crippen LogP contribution in [0.2, 0.25) is 0 Å². The maximum atomic E-state index is 12.4. The van der Waals surface area contributed by atoms with Crippen molar-refractivity contribution in [3.63, 3.8) is 0 Å². The van der Waals surface area contributed by atoms with Crippen LogP contribution in [0.25, 0.3) is 27.2 Å². The topological polar surface area (TPSA) is 47.5 Å². The molecule has 0 bridgehead atoms. The van der Waals surface area contributed by atoms with Crippen LogP contribution in [-0.4, -0.2) is 9.38 Å². The first-order valence-corrected chi connectivity index (χ1v) is 10.5. The Kier molecular flexibility index (Phi) is 5.32. The third kappa shape index (κ3) is 3.87. The van der Waals surface area contributed by atoms with Gasteiger partial charge < -0.3 is 4.42 Å². The molecular formula is C24H22N2O2S. The fourth-order valence-corrected chi connectivity index (χ4v) is 4.20. The van der Waals surface area contributed by atoms with Gasteiger partial charge in [-0.05, 0) is 24.6 Å². The highest BCUT2D eigenvalue weighted by molar-refractivity contribution is 7.17. The predicted octanol–water partition coefficient (Wildman–Crippen LogP) is 6.09. The molecule has 0 aliphatic carbocycles. The van der Waals surface area contributed by atoms with Gasteiger partial charge in [0.2, 0.25) is 0 Å². The third-order valence-corrected chi connectivity index (χ3v) is 5.62. The Balaban J connectivity index is 0.000000994. The Labute approximate surface area is 173 Å². The lowest BCUT2D eigenvalue weighted by molar-refractivity contribution is 0.563. The van der Waals surface area contributed by atoms with Crippen molar-refractivity contribution < 1.29 is 4.42 Å². The molecule has 3 aromatic heterocycles. The van der Waals surface area contributed by atoms with Crippen molar-refractivity contribution >= 4 is 27.3 Å². The van der Waals surface area contributed by atoms with Gasteiger partial charge in [0.25, 0.3) is 0 Å². The summed E-state index contributed by atoms with van der Waals surface area (Å²) in [4.78, 5) is 19.1. The van der Waals surface area contributed by atoms with E-state index >= 15 is 0 Å². The maximum absolute atomic E-state index is 12.4. The van der Waals surface area contributed by atoms with Crippen molar-refractivity contribution in [3.8, 4) is 11.3 Å². The van der Waals surface area contributed by atoms with E-state index in [0.29, 0.717) is 16.8 Å². The average Bonchev–Trinajstić information content (AvgIpc) is 3.29. The molecule has 0 aliphatic rings. The molecule has 0 amide bonds. The summed E-state index contributed by atoms with van der Waals surface area (Å²) < 4.78 is 7.41. The summed E-state index contributed by atoms with van der Waals surface area (Å²) in [5.41, 5.74) is 3.90. The first-order chi connectivity index (χ1) is 14.2. The van der Waals surface area contributed by atoms with Gasteiger partial charge in [-0.25, -0.2) is 9.78 Å². The lowest BCUT2D eigenvalue weighted by Gasteiger charge is -1.99. The van der Waals surface area contributed by atoms with Gasteiger partial charge in [0, 0.05) is 29.1 Å². The smallest absolute Gasteiger partial charge is 0.345 e. The minimum Gasteiger partial charge on any atom is -0.422 e. The van der Waals surface area contributed by atoms with E-state index < -0.39 is 0 Å². The van der Waals surface area contributed by atoms with Gasteiger partial charge >= 0.3 is 5.63 Å². The van der Waals surface area contributed by atoms with Crippen LogP contribution >= 0.6 is 11.3 Å². The number of hydrogen-bond acceptors (Lipinski definition) is 4. The van der Waals surface area contributed by atoms with Crippen LogP contribution in [0.1, 0.15) is 29.9 Å². The molecule has 5 heteroatoms. The Morgan fingerprint density at radius 2 is 1.79 bits per heavy atom. The summed E-state index contributed by atoms with van der Waals surface area (Å²) in [5.74, 6) is 0. The number of nitrogens with zero attached hydrogens (tertiary/aromatic N) is 2. The molecule has 4 nitrogen and oxygen atoms in total. The van der Waals surface area contributed by atoms with Gasteiger partial charge in [-0.1, -0.05) is 61.9 Å². The Morgan fingerprint density at radius 3 is 2.55 bits per heavy atom. The second kappa shape index (κ2) is 8.05. The average molecular weight is 403 g/mol. The summed E-state index contributed by atoms with van der Waals surface area (Å²) in [6.45, 7) is 6.09. The minimum atomic E-state index is -0.362. The van der Waals surface area contributed by atoms with Crippen molar-refractivity contribution in [2.45, 2.75) is 27.2 Å². The number of imidazole rings is 1. The Hall–Kier alpha value is -3.18. The molecule has 0 unspecified atom stereocenters. The summed E-state index contributed by atoms with van der Waals surface area (Å²) >= 11 is 1.64. The normalized spacial score (nSPS) is 10.9. The molecule has 0 radical (unpaired) electrons. The monoisotopic (exact) mass is 402 g/mol. The molecule has 146 valence electrons. The van der Waals surface area contributed by atoms with Gasteiger partial charge in [-0.2, -0.15) is 0 Å². The Bertz CT molecular complexity index is 1300. The molecule has 5 rings (SSSR count). The van der Waals surface area contributed by atoms with E-state index in [1.165, 1.54) is 16.0 Å². The first kappa shape index (κ1) is 19.2. The second-order valence-corrected chi connectivity index (χ2v) is 7.75. The van der Waals surface area contributed by atoms with E-state index in [2.05, 4.69) is 42.4 Å². The van der Waals surface area contributed by atoms with Gasteiger partial charge in [-0.15, -0.1) is 11.3 Å². The van der Waals surface area contributed by atoms with Crippen LogP contribution in [0.5, 0.6) is 0 Å². The van der Waals surface area contributed by atoms with E-state index in [1.807, 2.05) is 48.7 Å².